The number of carbonyl (C=O) groups is 1. The fraction of sp³-hybridized carbons (Fsp3) is 0.778. The van der Waals surface area contributed by atoms with Gasteiger partial charge in [0, 0.05) is 37.3 Å². The largest absolute Gasteiger partial charge is 0.340 e. The molecule has 6 nitrogen and oxygen atoms in total. The summed E-state index contributed by atoms with van der Waals surface area (Å²) < 4.78 is 0. The molecular weight excluding hydrogens is 302 g/mol. The molecule has 24 heavy (non-hydrogen) atoms. The maximum absolute atomic E-state index is 12.8. The molecule has 0 radical (unpaired) electrons. The number of nitrogens with zero attached hydrogens (tertiary/aromatic N) is 4. The van der Waals surface area contributed by atoms with Crippen LogP contribution >= 0.6 is 0 Å². The number of carbonyl (C=O) groups excluding carboxylic acids is 1. The van der Waals surface area contributed by atoms with E-state index >= 15 is 0 Å². The third kappa shape index (κ3) is 3.35. The van der Waals surface area contributed by atoms with Gasteiger partial charge in [0.05, 0.1) is 5.69 Å². The number of aromatic amines is 1. The van der Waals surface area contributed by atoms with Crippen molar-refractivity contribution in [3.05, 3.63) is 17.0 Å². The molecule has 2 saturated heterocycles. The minimum Gasteiger partial charge on any atom is -0.340 e. The third-order valence-corrected chi connectivity index (χ3v) is 6.14. The molecule has 2 aliphatic rings. The van der Waals surface area contributed by atoms with Crippen molar-refractivity contribution >= 4 is 5.91 Å². The van der Waals surface area contributed by atoms with Crippen molar-refractivity contribution in [2.24, 2.45) is 0 Å². The van der Waals surface area contributed by atoms with Gasteiger partial charge in [0.15, 0.2) is 0 Å². The molecule has 6 heteroatoms. The van der Waals surface area contributed by atoms with E-state index in [9.17, 15) is 4.79 Å². The van der Waals surface area contributed by atoms with Crippen molar-refractivity contribution in [1.82, 2.24) is 24.9 Å². The van der Waals surface area contributed by atoms with Crippen molar-refractivity contribution in [2.45, 2.75) is 45.1 Å². The first-order chi connectivity index (χ1) is 11.4. The summed E-state index contributed by atoms with van der Waals surface area (Å²) in [5.74, 6) is 0.293. The zero-order valence-corrected chi connectivity index (χ0v) is 15.6. The lowest BCUT2D eigenvalue weighted by molar-refractivity contribution is -0.137. The molecule has 1 amide bonds. The lowest BCUT2D eigenvalue weighted by atomic mass is 9.83. The average Bonchev–Trinajstić information content (AvgIpc) is 2.89. The molecule has 2 aliphatic heterocycles. The van der Waals surface area contributed by atoms with Crippen LogP contribution in [-0.2, 0) is 11.2 Å². The summed E-state index contributed by atoms with van der Waals surface area (Å²) in [5, 5.41) is 7.24. The van der Waals surface area contributed by atoms with Crippen LogP contribution < -0.4 is 0 Å². The van der Waals surface area contributed by atoms with Crippen LogP contribution in [0.15, 0.2) is 0 Å². The Hall–Kier alpha value is -1.40. The molecule has 3 heterocycles. The van der Waals surface area contributed by atoms with E-state index in [-0.39, 0.29) is 5.54 Å². The van der Waals surface area contributed by atoms with Gasteiger partial charge in [-0.2, -0.15) is 5.10 Å². The number of piperazine rings is 1. The highest BCUT2D eigenvalue weighted by Gasteiger charge is 2.42. The number of likely N-dealkylation sites (tertiary alicyclic amines) is 1. The number of amides is 1. The minimum absolute atomic E-state index is 0.182. The Balaban J connectivity index is 1.61. The summed E-state index contributed by atoms with van der Waals surface area (Å²) in [6.45, 7) is 9.02. The number of hydrogen-bond donors (Lipinski definition) is 1. The monoisotopic (exact) mass is 333 g/mol. The molecule has 0 bridgehead atoms. The fourth-order valence-corrected chi connectivity index (χ4v) is 4.18. The second kappa shape index (κ2) is 6.84. The smallest absolute Gasteiger partial charge is 0.223 e. The van der Waals surface area contributed by atoms with E-state index in [1.54, 1.807) is 0 Å². The highest BCUT2D eigenvalue weighted by atomic mass is 16.2. The number of hydrogen-bond acceptors (Lipinski definition) is 4. The molecule has 3 rings (SSSR count). The molecular formula is C18H31N5O. The number of H-pyrrole nitrogens is 1. The summed E-state index contributed by atoms with van der Waals surface area (Å²) in [6, 6.07) is 0. The standard InChI is InChI=1S/C18H31N5O/c1-14-16(15(2)20-19-14)5-6-17(24)23-12-11-22(4)18(13-23)7-9-21(3)10-8-18/h5-13H2,1-4H3,(H,19,20). The molecule has 1 aromatic heterocycles. The number of rotatable bonds is 3. The first-order valence-corrected chi connectivity index (χ1v) is 9.09. The number of aryl methyl sites for hydroxylation is 2. The van der Waals surface area contributed by atoms with Crippen LogP contribution in [0, 0.1) is 13.8 Å². The van der Waals surface area contributed by atoms with Crippen LogP contribution in [0.4, 0.5) is 0 Å². The van der Waals surface area contributed by atoms with Gasteiger partial charge in [-0.15, -0.1) is 0 Å². The molecule has 0 saturated carbocycles. The summed E-state index contributed by atoms with van der Waals surface area (Å²) >= 11 is 0. The Morgan fingerprint density at radius 1 is 1.17 bits per heavy atom. The molecule has 0 aromatic carbocycles. The predicted molar refractivity (Wildman–Crippen MR) is 95.1 cm³/mol. The van der Waals surface area contributed by atoms with Crippen LogP contribution in [0.5, 0.6) is 0 Å². The number of piperidine rings is 1. The lowest BCUT2D eigenvalue weighted by Gasteiger charge is -2.52. The van der Waals surface area contributed by atoms with Gasteiger partial charge in [0.25, 0.3) is 0 Å². The van der Waals surface area contributed by atoms with Gasteiger partial charge in [-0.3, -0.25) is 14.8 Å². The SMILES string of the molecule is Cc1n[nH]c(C)c1CCC(=O)N1CCN(C)C2(CCN(C)CC2)C1. The summed E-state index contributed by atoms with van der Waals surface area (Å²) in [6.07, 6.45) is 3.68. The number of likely N-dealkylation sites (N-methyl/N-ethyl adjacent to an activating group) is 1. The van der Waals surface area contributed by atoms with Gasteiger partial charge in [-0.05, 0) is 65.9 Å². The Morgan fingerprint density at radius 3 is 2.50 bits per heavy atom. The molecule has 2 fully saturated rings. The van der Waals surface area contributed by atoms with E-state index in [4.69, 9.17) is 0 Å². The van der Waals surface area contributed by atoms with Crippen molar-refractivity contribution < 1.29 is 4.79 Å². The second-order valence-electron chi connectivity index (χ2n) is 7.68. The van der Waals surface area contributed by atoms with Gasteiger partial charge < -0.3 is 9.80 Å². The Labute approximate surface area is 145 Å². The zero-order valence-electron chi connectivity index (χ0n) is 15.6. The van der Waals surface area contributed by atoms with E-state index in [1.165, 1.54) is 5.56 Å². The van der Waals surface area contributed by atoms with Crippen molar-refractivity contribution in [1.29, 1.82) is 0 Å². The third-order valence-electron chi connectivity index (χ3n) is 6.14. The zero-order chi connectivity index (χ0) is 17.3. The van der Waals surface area contributed by atoms with Crippen LogP contribution in [0.25, 0.3) is 0 Å². The normalized spacial score (nSPS) is 22.2. The Kier molecular flexibility index (Phi) is 4.97. The highest BCUT2D eigenvalue weighted by molar-refractivity contribution is 5.76. The number of nitrogens with one attached hydrogen (secondary N) is 1. The van der Waals surface area contributed by atoms with E-state index in [2.05, 4.69) is 39.0 Å². The lowest BCUT2D eigenvalue weighted by Crippen LogP contribution is -2.65. The first-order valence-electron chi connectivity index (χ1n) is 9.09. The van der Waals surface area contributed by atoms with E-state index in [0.29, 0.717) is 12.3 Å². The van der Waals surface area contributed by atoms with Gasteiger partial charge in [-0.25, -0.2) is 0 Å². The van der Waals surface area contributed by atoms with Gasteiger partial charge in [0.2, 0.25) is 5.91 Å². The summed E-state index contributed by atoms with van der Waals surface area (Å²) in [7, 11) is 4.42. The van der Waals surface area contributed by atoms with Crippen LogP contribution in [-0.4, -0.2) is 83.2 Å². The minimum atomic E-state index is 0.182. The highest BCUT2D eigenvalue weighted by Crippen LogP contribution is 2.31. The average molecular weight is 333 g/mol. The molecule has 0 atom stereocenters. The van der Waals surface area contributed by atoms with Crippen LogP contribution in [0.3, 0.4) is 0 Å². The van der Waals surface area contributed by atoms with Crippen molar-refractivity contribution in [3.63, 3.8) is 0 Å². The number of aromatic nitrogens is 2. The van der Waals surface area contributed by atoms with Gasteiger partial charge in [-0.1, -0.05) is 0 Å². The molecule has 1 N–H and O–H groups in total. The van der Waals surface area contributed by atoms with Crippen molar-refractivity contribution in [2.75, 3.05) is 46.8 Å². The molecule has 134 valence electrons. The van der Waals surface area contributed by atoms with Gasteiger partial charge >= 0.3 is 0 Å². The first kappa shape index (κ1) is 17.4. The maximum Gasteiger partial charge on any atom is 0.223 e. The Morgan fingerprint density at radius 2 is 1.88 bits per heavy atom. The molecule has 0 aliphatic carbocycles. The molecule has 1 aromatic rings. The Bertz CT molecular complexity index is 569. The molecule has 0 unspecified atom stereocenters. The summed E-state index contributed by atoms with van der Waals surface area (Å²) in [4.78, 5) is 19.8. The maximum atomic E-state index is 12.8. The van der Waals surface area contributed by atoms with E-state index < -0.39 is 0 Å². The van der Waals surface area contributed by atoms with Crippen LogP contribution in [0.1, 0.15) is 36.2 Å². The second-order valence-corrected chi connectivity index (χ2v) is 7.68. The van der Waals surface area contributed by atoms with Crippen molar-refractivity contribution in [3.8, 4) is 0 Å². The van der Waals surface area contributed by atoms with Gasteiger partial charge in [0.1, 0.15) is 0 Å². The fourth-order valence-electron chi connectivity index (χ4n) is 4.18. The summed E-state index contributed by atoms with van der Waals surface area (Å²) in [5.41, 5.74) is 3.49. The quantitative estimate of drug-likeness (QED) is 0.903. The van der Waals surface area contributed by atoms with Crippen LogP contribution in [0.2, 0.25) is 0 Å². The molecule has 1 spiro atoms. The van der Waals surface area contributed by atoms with E-state index in [1.807, 2.05) is 13.8 Å². The van der Waals surface area contributed by atoms with E-state index in [0.717, 1.165) is 63.4 Å². The topological polar surface area (TPSA) is 55.5 Å². The predicted octanol–water partition coefficient (Wildman–Crippen LogP) is 1.20.